The highest BCUT2D eigenvalue weighted by Crippen LogP contribution is 2.43. The molecule has 0 fully saturated rings. The van der Waals surface area contributed by atoms with E-state index < -0.39 is 0 Å². The lowest BCUT2D eigenvalue weighted by Gasteiger charge is -2.09. The largest absolute Gasteiger partial charge is 0.457 e. The van der Waals surface area contributed by atoms with E-state index in [1.165, 1.54) is 63.5 Å². The van der Waals surface area contributed by atoms with E-state index in [0.717, 1.165) is 11.1 Å². The Balaban J connectivity index is 0.000000155. The number of nitrogens with two attached hydrogens (primary N) is 1. The van der Waals surface area contributed by atoms with Crippen LogP contribution in [0.25, 0.3) is 69.6 Å². The first-order chi connectivity index (χ1) is 23.5. The highest BCUT2D eigenvalue weighted by molar-refractivity contribution is 7.26. The predicted molar refractivity (Wildman–Crippen MR) is 208 cm³/mol. The van der Waals surface area contributed by atoms with E-state index in [0.29, 0.717) is 22.9 Å². The lowest BCUT2D eigenvalue weighted by molar-refractivity contribution is 0.525. The first-order valence-corrected chi connectivity index (χ1v) is 16.7. The fourth-order valence-electron chi connectivity index (χ4n) is 6.99. The van der Waals surface area contributed by atoms with Gasteiger partial charge in [0.25, 0.3) is 0 Å². The summed E-state index contributed by atoms with van der Waals surface area (Å²) in [7, 11) is 2.19. The second-order valence-corrected chi connectivity index (χ2v) is 13.1. The Kier molecular flexibility index (Phi) is 7.20. The number of aromatic nitrogens is 1. The second kappa shape index (κ2) is 11.7. The zero-order valence-electron chi connectivity index (χ0n) is 26.7. The lowest BCUT2D eigenvalue weighted by Crippen LogP contribution is -2.03. The van der Waals surface area contributed by atoms with Gasteiger partial charge in [-0.1, -0.05) is 116 Å². The minimum Gasteiger partial charge on any atom is -0.457 e. The summed E-state index contributed by atoms with van der Waals surface area (Å²) < 4.78 is 10.7. The standard InChI is InChI=1S/C27H17NS.C16H16N2O/c1-28-22-8-4-2-6-17(22)19-14-13-18-20(27(19)28)12-10-16-11-15-24-26(25(16)18)21-7-3-5-9-23(21)29-24;1-3-4-10-13-11(2)19-16(15(13)18)14(17)12-8-6-5-7-9-12/h2-15H,1H3;3-10,17H,1,18H2,2H3/b;10-4-,17-14?. The molecule has 0 aliphatic carbocycles. The van der Waals surface area contributed by atoms with Gasteiger partial charge in [-0.3, -0.25) is 5.41 Å². The van der Waals surface area contributed by atoms with Crippen LogP contribution in [0.3, 0.4) is 0 Å². The number of benzene rings is 6. The van der Waals surface area contributed by atoms with E-state index in [1.54, 1.807) is 12.2 Å². The van der Waals surface area contributed by atoms with E-state index in [2.05, 4.69) is 103 Å². The van der Waals surface area contributed by atoms with Crippen LogP contribution in [0.1, 0.15) is 22.6 Å². The monoisotopic (exact) mass is 639 g/mol. The molecule has 4 nitrogen and oxygen atoms in total. The van der Waals surface area contributed by atoms with Crippen LogP contribution in [-0.2, 0) is 7.05 Å². The number of anilines is 1. The third-order valence-electron chi connectivity index (χ3n) is 9.24. The van der Waals surface area contributed by atoms with Gasteiger partial charge in [-0.2, -0.15) is 0 Å². The number of aryl methyl sites for hydroxylation is 2. The molecule has 3 N–H and O–H groups in total. The molecule has 3 heterocycles. The van der Waals surface area contributed by atoms with Gasteiger partial charge in [-0.25, -0.2) is 0 Å². The molecule has 0 aliphatic heterocycles. The van der Waals surface area contributed by atoms with Crippen LogP contribution in [0.2, 0.25) is 0 Å². The van der Waals surface area contributed by atoms with Crippen molar-refractivity contribution in [3.05, 3.63) is 157 Å². The second-order valence-electron chi connectivity index (χ2n) is 12.0. The molecule has 0 saturated heterocycles. The summed E-state index contributed by atoms with van der Waals surface area (Å²) in [4.78, 5) is 0. The number of thiophene rings is 1. The summed E-state index contributed by atoms with van der Waals surface area (Å²) in [5.41, 5.74) is 11.0. The number of fused-ring (bicyclic) bond motifs is 11. The molecule has 0 radical (unpaired) electrons. The molecule has 0 bridgehead atoms. The minimum absolute atomic E-state index is 0.291. The van der Waals surface area contributed by atoms with Crippen LogP contribution in [-0.4, -0.2) is 10.3 Å². The third-order valence-corrected chi connectivity index (χ3v) is 10.4. The molecule has 3 aromatic heterocycles. The van der Waals surface area contributed by atoms with Crippen molar-refractivity contribution in [2.45, 2.75) is 6.92 Å². The number of hydrogen-bond donors (Lipinski definition) is 2. The summed E-state index contributed by atoms with van der Waals surface area (Å²) in [5.74, 6) is 1.11. The highest BCUT2D eigenvalue weighted by atomic mass is 32.1. The Labute approximate surface area is 282 Å². The number of furan rings is 1. The maximum Gasteiger partial charge on any atom is 0.176 e. The van der Waals surface area contributed by atoms with Gasteiger partial charge in [0.2, 0.25) is 0 Å². The SMILES string of the molecule is C=C/C=C\c1c(C)oc(C(=N)c2ccccc2)c1N.Cn1c2ccccc2c2ccc3c(ccc4ccc5sc6ccccc6c5c43)c21. The smallest absolute Gasteiger partial charge is 0.176 e. The van der Waals surface area contributed by atoms with Crippen molar-refractivity contribution >= 4 is 92.3 Å². The van der Waals surface area contributed by atoms with Gasteiger partial charge in [0.05, 0.1) is 11.2 Å². The molecule has 5 heteroatoms. The van der Waals surface area contributed by atoms with Crippen molar-refractivity contribution < 1.29 is 4.42 Å². The summed E-state index contributed by atoms with van der Waals surface area (Å²) in [5, 5.41) is 19.0. The van der Waals surface area contributed by atoms with Gasteiger partial charge in [-0.15, -0.1) is 11.3 Å². The topological polar surface area (TPSA) is 67.9 Å². The first kappa shape index (κ1) is 29.5. The fourth-order valence-corrected chi connectivity index (χ4v) is 8.10. The van der Waals surface area contributed by atoms with Crippen LogP contribution in [0.15, 0.2) is 138 Å². The molecule has 0 saturated carbocycles. The Hall–Kier alpha value is -5.91. The summed E-state index contributed by atoms with van der Waals surface area (Å²) >= 11 is 1.89. The van der Waals surface area contributed by atoms with E-state index in [1.807, 2.05) is 54.7 Å². The average molecular weight is 640 g/mol. The zero-order valence-corrected chi connectivity index (χ0v) is 27.6. The number of hydrogen-bond acceptors (Lipinski definition) is 4. The number of para-hydroxylation sites is 1. The lowest BCUT2D eigenvalue weighted by atomic mass is 9.96. The Morgan fingerprint density at radius 1 is 0.750 bits per heavy atom. The molecule has 232 valence electrons. The quantitative estimate of drug-likeness (QED) is 0.114. The fraction of sp³-hybridized carbons (Fsp3) is 0.0465. The van der Waals surface area contributed by atoms with E-state index in [4.69, 9.17) is 15.6 Å². The summed E-state index contributed by atoms with van der Waals surface area (Å²) in [6.45, 7) is 5.46. The van der Waals surface area contributed by atoms with Gasteiger partial charge in [0.1, 0.15) is 11.5 Å². The Morgan fingerprint density at radius 2 is 1.42 bits per heavy atom. The van der Waals surface area contributed by atoms with E-state index in [-0.39, 0.29) is 0 Å². The maximum absolute atomic E-state index is 8.18. The molecule has 6 aromatic carbocycles. The maximum atomic E-state index is 8.18. The minimum atomic E-state index is 0.291. The molecule has 9 aromatic rings. The van der Waals surface area contributed by atoms with Crippen molar-refractivity contribution in [2.75, 3.05) is 5.73 Å². The third kappa shape index (κ3) is 4.62. The van der Waals surface area contributed by atoms with Gasteiger partial charge in [-0.05, 0) is 47.4 Å². The first-order valence-electron chi connectivity index (χ1n) is 15.9. The van der Waals surface area contributed by atoms with Crippen LogP contribution in [0, 0.1) is 12.3 Å². The molecule has 48 heavy (non-hydrogen) atoms. The van der Waals surface area contributed by atoms with Crippen molar-refractivity contribution in [3.8, 4) is 0 Å². The summed E-state index contributed by atoms with van der Waals surface area (Å²) in [6, 6.07) is 40.7. The molecule has 0 aliphatic rings. The molecule has 0 atom stereocenters. The zero-order chi connectivity index (χ0) is 32.9. The van der Waals surface area contributed by atoms with Crippen LogP contribution in [0.4, 0.5) is 5.69 Å². The predicted octanol–water partition coefficient (Wildman–Crippen LogP) is 11.8. The van der Waals surface area contributed by atoms with Gasteiger partial charge in [0.15, 0.2) is 5.76 Å². The molecule has 0 unspecified atom stereocenters. The highest BCUT2D eigenvalue weighted by Gasteiger charge is 2.18. The molecule has 9 rings (SSSR count). The number of nitrogens with one attached hydrogen (secondary N) is 1. The Morgan fingerprint density at radius 3 is 2.23 bits per heavy atom. The molecular formula is C43H33N3OS. The van der Waals surface area contributed by atoms with Gasteiger partial charge >= 0.3 is 0 Å². The van der Waals surface area contributed by atoms with E-state index in [9.17, 15) is 0 Å². The number of nitrogen functional groups attached to an aromatic ring is 1. The van der Waals surface area contributed by atoms with Crippen molar-refractivity contribution in [1.29, 1.82) is 5.41 Å². The summed E-state index contributed by atoms with van der Waals surface area (Å²) in [6.07, 6.45) is 5.31. The van der Waals surface area contributed by atoms with Crippen LogP contribution < -0.4 is 5.73 Å². The normalized spacial score (nSPS) is 11.7. The molecule has 0 spiro atoms. The van der Waals surface area contributed by atoms with Gasteiger partial charge < -0.3 is 14.7 Å². The van der Waals surface area contributed by atoms with Crippen molar-refractivity contribution in [1.82, 2.24) is 4.57 Å². The average Bonchev–Trinajstić information content (AvgIpc) is 3.75. The van der Waals surface area contributed by atoms with Crippen LogP contribution >= 0.6 is 11.3 Å². The number of rotatable bonds is 4. The number of allylic oxidation sites excluding steroid dienone is 2. The Bertz CT molecular complexity index is 2740. The molecule has 0 amide bonds. The van der Waals surface area contributed by atoms with Gasteiger partial charge in [0, 0.05) is 60.0 Å². The van der Waals surface area contributed by atoms with Crippen molar-refractivity contribution in [3.63, 3.8) is 0 Å². The molecular weight excluding hydrogens is 607 g/mol. The van der Waals surface area contributed by atoms with E-state index >= 15 is 0 Å². The van der Waals surface area contributed by atoms with Crippen molar-refractivity contribution in [2.24, 2.45) is 7.05 Å². The number of nitrogens with zero attached hydrogens (tertiary/aromatic N) is 1. The van der Waals surface area contributed by atoms with Crippen LogP contribution in [0.5, 0.6) is 0 Å².